The fraction of sp³-hybridized carbons (Fsp3) is 0.389. The summed E-state index contributed by atoms with van der Waals surface area (Å²) in [4.78, 5) is 30.4. The predicted molar refractivity (Wildman–Crippen MR) is 87.2 cm³/mol. The first kappa shape index (κ1) is 16.2. The molecule has 1 aliphatic heterocycles. The molecule has 0 atom stereocenters. The van der Waals surface area contributed by atoms with Gasteiger partial charge in [-0.15, -0.1) is 0 Å². The SMILES string of the molecule is CCOC(=O)C1CCN(C(=O)c2ocnc2-c2ccccc2)CC1. The summed E-state index contributed by atoms with van der Waals surface area (Å²) in [5.74, 6) is -0.240. The molecule has 1 amide bonds. The van der Waals surface area contributed by atoms with Crippen molar-refractivity contribution < 1.29 is 18.7 Å². The highest BCUT2D eigenvalue weighted by molar-refractivity contribution is 5.97. The number of aromatic nitrogens is 1. The number of esters is 1. The number of hydrogen-bond donors (Lipinski definition) is 0. The van der Waals surface area contributed by atoms with Crippen molar-refractivity contribution in [3.05, 3.63) is 42.5 Å². The first-order valence-electron chi connectivity index (χ1n) is 8.15. The lowest BCUT2D eigenvalue weighted by Gasteiger charge is -2.30. The molecule has 6 nitrogen and oxygen atoms in total. The maximum atomic E-state index is 12.7. The molecule has 0 unspecified atom stereocenters. The van der Waals surface area contributed by atoms with E-state index in [-0.39, 0.29) is 23.6 Å². The van der Waals surface area contributed by atoms with Crippen molar-refractivity contribution in [2.45, 2.75) is 19.8 Å². The summed E-state index contributed by atoms with van der Waals surface area (Å²) >= 11 is 0. The van der Waals surface area contributed by atoms with Crippen LogP contribution in [0.1, 0.15) is 30.3 Å². The largest absolute Gasteiger partial charge is 0.466 e. The number of rotatable bonds is 4. The highest BCUT2D eigenvalue weighted by Crippen LogP contribution is 2.25. The average molecular weight is 328 g/mol. The third-order valence-electron chi connectivity index (χ3n) is 4.21. The molecule has 1 aliphatic rings. The van der Waals surface area contributed by atoms with Gasteiger partial charge in [-0.25, -0.2) is 4.98 Å². The molecule has 6 heteroatoms. The number of likely N-dealkylation sites (tertiary alicyclic amines) is 1. The van der Waals surface area contributed by atoms with Crippen LogP contribution >= 0.6 is 0 Å². The summed E-state index contributed by atoms with van der Waals surface area (Å²) in [7, 11) is 0. The number of carbonyl (C=O) groups is 2. The Labute approximate surface area is 140 Å². The van der Waals surface area contributed by atoms with Crippen molar-refractivity contribution in [2.24, 2.45) is 5.92 Å². The topological polar surface area (TPSA) is 72.6 Å². The Morgan fingerprint density at radius 1 is 1.25 bits per heavy atom. The molecule has 0 N–H and O–H groups in total. The maximum Gasteiger partial charge on any atom is 0.309 e. The Hall–Kier alpha value is -2.63. The first-order valence-corrected chi connectivity index (χ1v) is 8.15. The fourth-order valence-electron chi connectivity index (χ4n) is 2.92. The van der Waals surface area contributed by atoms with Crippen molar-refractivity contribution in [3.63, 3.8) is 0 Å². The second-order valence-corrected chi connectivity index (χ2v) is 5.71. The Morgan fingerprint density at radius 2 is 1.96 bits per heavy atom. The van der Waals surface area contributed by atoms with Gasteiger partial charge in [-0.1, -0.05) is 30.3 Å². The molecule has 1 aromatic heterocycles. The van der Waals surface area contributed by atoms with E-state index in [1.165, 1.54) is 6.39 Å². The van der Waals surface area contributed by atoms with Crippen molar-refractivity contribution in [3.8, 4) is 11.3 Å². The lowest BCUT2D eigenvalue weighted by atomic mass is 9.96. The number of hydrogen-bond acceptors (Lipinski definition) is 5. The van der Waals surface area contributed by atoms with Crippen molar-refractivity contribution >= 4 is 11.9 Å². The van der Waals surface area contributed by atoms with Crippen LogP contribution in [-0.4, -0.2) is 41.5 Å². The molecule has 0 radical (unpaired) electrons. The van der Waals surface area contributed by atoms with Gasteiger partial charge < -0.3 is 14.1 Å². The van der Waals surface area contributed by atoms with Gasteiger partial charge in [0, 0.05) is 18.7 Å². The summed E-state index contributed by atoms with van der Waals surface area (Å²) in [6.07, 6.45) is 2.51. The number of oxazole rings is 1. The monoisotopic (exact) mass is 328 g/mol. The molecule has 0 saturated carbocycles. The summed E-state index contributed by atoms with van der Waals surface area (Å²) in [5, 5.41) is 0. The molecule has 0 bridgehead atoms. The van der Waals surface area contributed by atoms with E-state index in [2.05, 4.69) is 4.98 Å². The Bertz CT molecular complexity index is 703. The molecule has 1 aromatic carbocycles. The lowest BCUT2D eigenvalue weighted by molar-refractivity contribution is -0.149. The molecule has 3 rings (SSSR count). The zero-order valence-corrected chi connectivity index (χ0v) is 13.6. The normalized spacial score (nSPS) is 15.3. The summed E-state index contributed by atoms with van der Waals surface area (Å²) in [6.45, 7) is 3.20. The molecule has 24 heavy (non-hydrogen) atoms. The van der Waals surface area contributed by atoms with Crippen molar-refractivity contribution in [2.75, 3.05) is 19.7 Å². The number of benzene rings is 1. The van der Waals surface area contributed by atoms with Gasteiger partial charge in [-0.05, 0) is 19.8 Å². The molecule has 2 heterocycles. The first-order chi connectivity index (χ1) is 11.7. The molecule has 1 fully saturated rings. The molecule has 0 spiro atoms. The van der Waals surface area contributed by atoms with E-state index >= 15 is 0 Å². The van der Waals surface area contributed by atoms with E-state index in [0.717, 1.165) is 5.56 Å². The van der Waals surface area contributed by atoms with Crippen molar-refractivity contribution in [1.29, 1.82) is 0 Å². The summed E-state index contributed by atoms with van der Waals surface area (Å²) in [6, 6.07) is 9.47. The Morgan fingerprint density at radius 3 is 2.62 bits per heavy atom. The van der Waals surface area contributed by atoms with Gasteiger partial charge in [0.05, 0.1) is 12.5 Å². The Balaban J connectivity index is 1.69. The van der Waals surface area contributed by atoms with Gasteiger partial charge in [-0.3, -0.25) is 9.59 Å². The smallest absolute Gasteiger partial charge is 0.309 e. The van der Waals surface area contributed by atoms with Crippen LogP contribution in [0.2, 0.25) is 0 Å². The summed E-state index contributed by atoms with van der Waals surface area (Å²) in [5.41, 5.74) is 1.39. The quantitative estimate of drug-likeness (QED) is 0.807. The van der Waals surface area contributed by atoms with Crippen LogP contribution in [0.25, 0.3) is 11.3 Å². The zero-order chi connectivity index (χ0) is 16.9. The van der Waals surface area contributed by atoms with Gasteiger partial charge >= 0.3 is 5.97 Å². The van der Waals surface area contributed by atoms with E-state index in [0.29, 0.717) is 38.2 Å². The lowest BCUT2D eigenvalue weighted by Crippen LogP contribution is -2.40. The number of amides is 1. The number of nitrogens with zero attached hydrogens (tertiary/aromatic N) is 2. The van der Waals surface area contributed by atoms with Gasteiger partial charge in [0.2, 0.25) is 5.76 Å². The van der Waals surface area contributed by atoms with Gasteiger partial charge in [-0.2, -0.15) is 0 Å². The minimum atomic E-state index is -0.186. The van der Waals surface area contributed by atoms with Crippen LogP contribution in [0, 0.1) is 5.92 Å². The van der Waals surface area contributed by atoms with Crippen molar-refractivity contribution in [1.82, 2.24) is 9.88 Å². The highest BCUT2D eigenvalue weighted by atomic mass is 16.5. The third-order valence-corrected chi connectivity index (χ3v) is 4.21. The molecular weight excluding hydrogens is 308 g/mol. The number of ether oxygens (including phenoxy) is 1. The average Bonchev–Trinajstić information content (AvgIpc) is 3.12. The van der Waals surface area contributed by atoms with Crippen LogP contribution in [-0.2, 0) is 9.53 Å². The van der Waals surface area contributed by atoms with Crippen LogP contribution in [0.15, 0.2) is 41.1 Å². The van der Waals surface area contributed by atoms with Crippen LogP contribution < -0.4 is 0 Å². The van der Waals surface area contributed by atoms with Gasteiger partial charge in [0.1, 0.15) is 5.69 Å². The zero-order valence-electron chi connectivity index (χ0n) is 13.6. The number of piperidine rings is 1. The second kappa shape index (κ2) is 7.29. The van der Waals surface area contributed by atoms with Gasteiger partial charge in [0.15, 0.2) is 6.39 Å². The van der Waals surface area contributed by atoms with E-state index in [1.54, 1.807) is 11.8 Å². The third kappa shape index (κ3) is 3.32. The molecule has 0 aliphatic carbocycles. The molecular formula is C18H20N2O4. The highest BCUT2D eigenvalue weighted by Gasteiger charge is 2.31. The van der Waals surface area contributed by atoms with E-state index < -0.39 is 0 Å². The maximum absolute atomic E-state index is 12.7. The molecule has 2 aromatic rings. The van der Waals surface area contributed by atoms with Crippen LogP contribution in [0.4, 0.5) is 0 Å². The van der Waals surface area contributed by atoms with E-state index in [1.807, 2.05) is 30.3 Å². The Kier molecular flexibility index (Phi) is 4.93. The molecule has 126 valence electrons. The van der Waals surface area contributed by atoms with Gasteiger partial charge in [0.25, 0.3) is 5.91 Å². The second-order valence-electron chi connectivity index (χ2n) is 5.71. The number of carbonyl (C=O) groups excluding carboxylic acids is 2. The van der Waals surface area contributed by atoms with Crippen LogP contribution in [0.5, 0.6) is 0 Å². The minimum Gasteiger partial charge on any atom is -0.466 e. The standard InChI is InChI=1S/C18H20N2O4/c1-2-23-18(22)14-8-10-20(11-9-14)17(21)16-15(19-12-24-16)13-6-4-3-5-7-13/h3-7,12,14H,2,8-11H2,1H3. The van der Waals surface area contributed by atoms with Crippen LogP contribution in [0.3, 0.4) is 0 Å². The summed E-state index contributed by atoms with van der Waals surface area (Å²) < 4.78 is 10.4. The van der Waals surface area contributed by atoms with E-state index in [4.69, 9.17) is 9.15 Å². The predicted octanol–water partition coefficient (Wildman–Crippen LogP) is 2.76. The fourth-order valence-corrected chi connectivity index (χ4v) is 2.92. The minimum absolute atomic E-state index is 0.127. The molecule has 1 saturated heterocycles. The van der Waals surface area contributed by atoms with E-state index in [9.17, 15) is 9.59 Å².